The molecule has 2 aliphatic rings. The van der Waals surface area contributed by atoms with E-state index in [1.165, 1.54) is 143 Å². The van der Waals surface area contributed by atoms with Crippen LogP contribution in [-0.2, 0) is 17.3 Å². The number of aryl methyl sites for hydroxylation is 1. The van der Waals surface area contributed by atoms with Crippen molar-refractivity contribution < 1.29 is 0 Å². The molecule has 0 saturated carbocycles. The first-order chi connectivity index (χ1) is 40.4. The van der Waals surface area contributed by atoms with Gasteiger partial charge in [0.05, 0.1) is 27.1 Å². The Hall–Kier alpha value is -8.90. The van der Waals surface area contributed by atoms with E-state index in [2.05, 4.69) is 299 Å². The van der Waals surface area contributed by atoms with E-state index in [0.29, 0.717) is 0 Å². The molecule has 402 valence electrons. The van der Waals surface area contributed by atoms with Crippen LogP contribution in [0.15, 0.2) is 237 Å². The first-order valence-electron chi connectivity index (χ1n) is 29.8. The number of hydrogen-bond acceptors (Lipinski definition) is 3. The molecule has 13 aromatic rings. The van der Waals surface area contributed by atoms with Crippen LogP contribution in [0, 0.1) is 0 Å². The third-order valence-corrected chi connectivity index (χ3v) is 19.1. The van der Waals surface area contributed by atoms with Crippen LogP contribution in [0.5, 0.6) is 0 Å². The summed E-state index contributed by atoms with van der Waals surface area (Å²) in [6, 6.07) is 90.2. The van der Waals surface area contributed by atoms with Gasteiger partial charge in [-0.15, -0.1) is 11.3 Å². The molecule has 0 N–H and O–H groups in total. The molecule has 2 aromatic heterocycles. The molecule has 3 nitrogen and oxygen atoms in total. The Labute approximate surface area is 492 Å². The second-order valence-electron chi connectivity index (χ2n) is 25.1. The summed E-state index contributed by atoms with van der Waals surface area (Å²) >= 11 is 1.95. The van der Waals surface area contributed by atoms with Crippen LogP contribution in [0.2, 0.25) is 0 Å². The number of unbranched alkanes of at least 4 members (excludes halogenated alkanes) is 1. The van der Waals surface area contributed by atoms with Gasteiger partial charge < -0.3 is 14.4 Å². The predicted octanol–water partition coefficient (Wildman–Crippen LogP) is 20.2. The monoisotopic (exact) mass is 1090 g/mol. The minimum atomic E-state index is -0.226. The van der Waals surface area contributed by atoms with E-state index in [1.807, 2.05) is 11.3 Å². The summed E-state index contributed by atoms with van der Waals surface area (Å²) in [5.41, 5.74) is 25.7. The first-order valence-corrected chi connectivity index (χ1v) is 30.6. The Bertz CT molecular complexity index is 4580. The zero-order chi connectivity index (χ0) is 56.3. The number of rotatable bonds is 9. The van der Waals surface area contributed by atoms with Crippen LogP contribution in [0.1, 0.15) is 78.0 Å². The minimum absolute atomic E-state index is 0.127. The highest BCUT2D eigenvalue weighted by Gasteiger charge is 2.46. The summed E-state index contributed by atoms with van der Waals surface area (Å²) in [7, 11) is 0. The molecule has 83 heavy (non-hydrogen) atoms. The SMILES string of the molecule is CCCCc1ccc2c(sc3ccccc32)c1N1c2cc(-n3c4ccccc4c4ccccc43)ccc2B2c3cc(-c4ccccc4)ccc3N(c3c(-c4ccccc4)cc(C(C)(C)C)cc3-c3ccccc3)c3cc(C(C)(C)C)cc1c32. The Morgan fingerprint density at radius 3 is 1.55 bits per heavy atom. The van der Waals surface area contributed by atoms with Gasteiger partial charge >= 0.3 is 0 Å². The summed E-state index contributed by atoms with van der Waals surface area (Å²) in [5, 5.41) is 5.13. The van der Waals surface area contributed by atoms with E-state index in [1.54, 1.807) is 0 Å². The van der Waals surface area contributed by atoms with Gasteiger partial charge in [0.1, 0.15) is 0 Å². The van der Waals surface area contributed by atoms with E-state index >= 15 is 0 Å². The van der Waals surface area contributed by atoms with Gasteiger partial charge in [-0.25, -0.2) is 0 Å². The van der Waals surface area contributed by atoms with E-state index < -0.39 is 0 Å². The fourth-order valence-corrected chi connectivity index (χ4v) is 14.9. The summed E-state index contributed by atoms with van der Waals surface area (Å²) < 4.78 is 5.15. The molecule has 0 atom stereocenters. The molecule has 0 spiro atoms. The standard InChI is InChI=1S/C78H66BN3S/c1-8-9-25-53-38-41-61-60-34-21-24-37-72(60)83-76(61)74(53)82-69-49-57(80-66-35-22-19-32-58(66)59-33-20-23-36-67(59)80)40-42-64(69)79-65-44-54(50-26-13-10-14-27-50)39-43-68(65)81(70-47-56(78(5,6)7)48-71(82)73(70)79)75-62(51-28-15-11-16-29-51)45-55(77(2,3)4)46-63(75)52-30-17-12-18-31-52/h10-24,26-49H,8-9,25H2,1-7H3. The Morgan fingerprint density at radius 1 is 0.410 bits per heavy atom. The quantitative estimate of drug-likeness (QED) is 0.133. The van der Waals surface area contributed by atoms with E-state index in [4.69, 9.17) is 0 Å². The van der Waals surface area contributed by atoms with Crippen molar-refractivity contribution in [3.05, 3.63) is 253 Å². The van der Waals surface area contributed by atoms with Crippen molar-refractivity contribution in [2.75, 3.05) is 9.80 Å². The first kappa shape index (κ1) is 51.0. The van der Waals surface area contributed by atoms with Crippen molar-refractivity contribution in [1.29, 1.82) is 0 Å². The molecule has 0 bridgehead atoms. The van der Waals surface area contributed by atoms with Gasteiger partial charge in [0.25, 0.3) is 6.71 Å². The minimum Gasteiger partial charge on any atom is -0.310 e. The fourth-order valence-electron chi connectivity index (χ4n) is 13.7. The molecule has 0 amide bonds. The third-order valence-electron chi connectivity index (χ3n) is 17.9. The molecule has 0 aliphatic carbocycles. The van der Waals surface area contributed by atoms with E-state index in [0.717, 1.165) is 24.9 Å². The van der Waals surface area contributed by atoms with Crippen LogP contribution in [0.3, 0.4) is 0 Å². The molecule has 0 saturated heterocycles. The van der Waals surface area contributed by atoms with Crippen molar-refractivity contribution in [2.24, 2.45) is 0 Å². The van der Waals surface area contributed by atoms with Crippen molar-refractivity contribution in [3.8, 4) is 39.1 Å². The lowest BCUT2D eigenvalue weighted by atomic mass is 9.33. The molecular formula is C78H66BN3S. The molecular weight excluding hydrogens is 1020 g/mol. The average molecular weight is 1090 g/mol. The van der Waals surface area contributed by atoms with E-state index in [9.17, 15) is 0 Å². The van der Waals surface area contributed by atoms with Gasteiger partial charge in [-0.05, 0) is 140 Å². The lowest BCUT2D eigenvalue weighted by Crippen LogP contribution is -2.61. The number of benzene rings is 11. The highest BCUT2D eigenvalue weighted by molar-refractivity contribution is 7.26. The molecule has 15 rings (SSSR count). The van der Waals surface area contributed by atoms with Crippen LogP contribution >= 0.6 is 11.3 Å². The van der Waals surface area contributed by atoms with Crippen LogP contribution in [-0.4, -0.2) is 11.3 Å². The van der Waals surface area contributed by atoms with Gasteiger partial charge in [-0.1, -0.05) is 231 Å². The number of hydrogen-bond donors (Lipinski definition) is 0. The van der Waals surface area contributed by atoms with Crippen molar-refractivity contribution in [3.63, 3.8) is 0 Å². The summed E-state index contributed by atoms with van der Waals surface area (Å²) in [5.74, 6) is 0. The summed E-state index contributed by atoms with van der Waals surface area (Å²) in [6.07, 6.45) is 3.16. The van der Waals surface area contributed by atoms with Gasteiger partial charge in [0.15, 0.2) is 0 Å². The van der Waals surface area contributed by atoms with Crippen molar-refractivity contribution >= 4 is 111 Å². The number of nitrogens with zero attached hydrogens (tertiary/aromatic N) is 3. The second kappa shape index (κ2) is 19.6. The molecule has 2 aliphatic heterocycles. The number of anilines is 6. The van der Waals surface area contributed by atoms with Crippen molar-refractivity contribution in [2.45, 2.75) is 78.6 Å². The highest BCUT2D eigenvalue weighted by Crippen LogP contribution is 2.54. The molecule has 0 radical (unpaired) electrons. The van der Waals surface area contributed by atoms with Gasteiger partial charge in [0.2, 0.25) is 0 Å². The maximum atomic E-state index is 2.77. The van der Waals surface area contributed by atoms with Crippen molar-refractivity contribution in [1.82, 2.24) is 4.57 Å². The Morgan fingerprint density at radius 2 is 0.952 bits per heavy atom. The molecule has 4 heterocycles. The topological polar surface area (TPSA) is 11.4 Å². The lowest BCUT2D eigenvalue weighted by molar-refractivity contribution is 0.590. The summed E-state index contributed by atoms with van der Waals surface area (Å²) in [4.78, 5) is 5.47. The normalized spacial score (nSPS) is 13.1. The maximum absolute atomic E-state index is 2.77. The Kier molecular flexibility index (Phi) is 12.1. The van der Waals surface area contributed by atoms with Crippen LogP contribution < -0.4 is 26.2 Å². The number of aromatic nitrogens is 1. The smallest absolute Gasteiger partial charge is 0.252 e. The molecule has 11 aromatic carbocycles. The largest absolute Gasteiger partial charge is 0.310 e. The van der Waals surface area contributed by atoms with Crippen LogP contribution in [0.4, 0.5) is 34.1 Å². The van der Waals surface area contributed by atoms with E-state index in [-0.39, 0.29) is 17.5 Å². The highest BCUT2D eigenvalue weighted by atomic mass is 32.1. The maximum Gasteiger partial charge on any atom is 0.252 e. The number of thiophene rings is 1. The average Bonchev–Trinajstić information content (AvgIpc) is 2.50. The fraction of sp³-hybridized carbons (Fsp3) is 0.154. The zero-order valence-electron chi connectivity index (χ0n) is 48.5. The molecule has 0 fully saturated rings. The number of fused-ring (bicyclic) bond motifs is 10. The Balaban J connectivity index is 1.13. The third kappa shape index (κ3) is 8.29. The summed E-state index contributed by atoms with van der Waals surface area (Å²) in [6.45, 7) is 16.5. The van der Waals surface area contributed by atoms with Gasteiger partial charge in [0, 0.05) is 65.8 Å². The van der Waals surface area contributed by atoms with Gasteiger partial charge in [-0.2, -0.15) is 0 Å². The van der Waals surface area contributed by atoms with Gasteiger partial charge in [-0.3, -0.25) is 0 Å². The predicted molar refractivity (Wildman–Crippen MR) is 360 cm³/mol. The lowest BCUT2D eigenvalue weighted by Gasteiger charge is -2.46. The second-order valence-corrected chi connectivity index (χ2v) is 26.1. The number of para-hydroxylation sites is 2. The molecule has 5 heteroatoms. The zero-order valence-corrected chi connectivity index (χ0v) is 49.3. The van der Waals surface area contributed by atoms with Crippen LogP contribution in [0.25, 0.3) is 81.0 Å². The molecule has 0 unspecified atom stereocenters.